The van der Waals surface area contributed by atoms with E-state index in [0.29, 0.717) is 23.7 Å². The summed E-state index contributed by atoms with van der Waals surface area (Å²) in [6, 6.07) is 0. The number of allylic oxidation sites excluding steroid dienone is 2. The molecule has 4 heteroatoms. The van der Waals surface area contributed by atoms with Gasteiger partial charge in [-0.3, -0.25) is 4.79 Å². The molecule has 3 aliphatic carbocycles. The number of rotatable bonds is 8. The Kier molecular flexibility index (Phi) is 7.25. The first kappa shape index (κ1) is 21.8. The average molecular weight is 393 g/mol. The van der Waals surface area contributed by atoms with Crippen LogP contribution in [0.5, 0.6) is 0 Å². The Morgan fingerprint density at radius 3 is 2.61 bits per heavy atom. The second kappa shape index (κ2) is 9.30. The van der Waals surface area contributed by atoms with Crippen LogP contribution in [0.4, 0.5) is 0 Å². The molecule has 0 spiro atoms. The second-order valence-corrected chi connectivity index (χ2v) is 10.6. The third kappa shape index (κ3) is 5.60. The van der Waals surface area contributed by atoms with Crippen LogP contribution in [-0.2, 0) is 4.79 Å². The zero-order valence-electron chi connectivity index (χ0n) is 17.8. The van der Waals surface area contributed by atoms with E-state index in [-0.39, 0.29) is 24.0 Å². The number of carbonyl (C=O) groups is 1. The predicted molar refractivity (Wildman–Crippen MR) is 111 cm³/mol. The summed E-state index contributed by atoms with van der Waals surface area (Å²) >= 11 is 0. The van der Waals surface area contributed by atoms with Crippen molar-refractivity contribution < 1.29 is 20.1 Å². The van der Waals surface area contributed by atoms with Gasteiger partial charge in [0.1, 0.15) is 0 Å². The van der Waals surface area contributed by atoms with Gasteiger partial charge in [-0.25, -0.2) is 0 Å². The fraction of sp³-hybridized carbons (Fsp3) is 0.875. The van der Waals surface area contributed by atoms with Crippen LogP contribution in [0.15, 0.2) is 11.6 Å². The SMILES string of the molecule is CC(C)(C/C=C1/CC2CC(O)C(CCC(O)C3CCCCC3)C2C1)CC(=O)O. The molecule has 0 heterocycles. The molecule has 3 saturated carbocycles. The van der Waals surface area contributed by atoms with Crippen molar-refractivity contribution in [3.63, 3.8) is 0 Å². The van der Waals surface area contributed by atoms with Gasteiger partial charge in [0.2, 0.25) is 0 Å². The van der Waals surface area contributed by atoms with Gasteiger partial charge in [-0.1, -0.05) is 44.8 Å². The third-order valence-electron chi connectivity index (χ3n) is 7.78. The molecule has 0 aliphatic heterocycles. The quantitative estimate of drug-likeness (QED) is 0.512. The number of hydrogen-bond acceptors (Lipinski definition) is 3. The Hall–Kier alpha value is -0.870. The maximum atomic E-state index is 11.0. The van der Waals surface area contributed by atoms with Crippen molar-refractivity contribution in [1.29, 1.82) is 0 Å². The Labute approximate surface area is 170 Å². The van der Waals surface area contributed by atoms with E-state index in [1.807, 2.05) is 13.8 Å². The van der Waals surface area contributed by atoms with E-state index < -0.39 is 5.97 Å². The van der Waals surface area contributed by atoms with Gasteiger partial charge in [0.05, 0.1) is 18.6 Å². The topological polar surface area (TPSA) is 77.8 Å². The minimum absolute atomic E-state index is 0.195. The first-order valence-corrected chi connectivity index (χ1v) is 11.5. The fourth-order valence-corrected chi connectivity index (χ4v) is 6.16. The standard InChI is InChI=1S/C24H40O4/c1-24(2,15-23(27)28)11-10-16-12-18-14-22(26)19(20(18)13-16)8-9-21(25)17-6-4-3-5-7-17/h10,17-22,25-26H,3-9,11-15H2,1-2H3,(H,27,28)/b16-10-. The molecule has 3 rings (SSSR count). The lowest BCUT2D eigenvalue weighted by molar-refractivity contribution is -0.139. The van der Waals surface area contributed by atoms with Crippen molar-refractivity contribution in [3.05, 3.63) is 11.6 Å². The molecule has 28 heavy (non-hydrogen) atoms. The number of aliphatic carboxylic acids is 1. The lowest BCUT2D eigenvalue weighted by Gasteiger charge is -2.29. The zero-order chi connectivity index (χ0) is 20.3. The second-order valence-electron chi connectivity index (χ2n) is 10.6. The summed E-state index contributed by atoms with van der Waals surface area (Å²) in [5.41, 5.74) is 1.25. The number of aliphatic hydroxyl groups excluding tert-OH is 2. The molecule has 160 valence electrons. The van der Waals surface area contributed by atoms with E-state index in [1.165, 1.54) is 37.7 Å². The van der Waals surface area contributed by atoms with Gasteiger partial charge >= 0.3 is 5.97 Å². The highest BCUT2D eigenvalue weighted by molar-refractivity contribution is 5.67. The van der Waals surface area contributed by atoms with Crippen LogP contribution < -0.4 is 0 Å². The van der Waals surface area contributed by atoms with Gasteiger partial charge in [0, 0.05) is 0 Å². The molecule has 0 amide bonds. The van der Waals surface area contributed by atoms with Crippen molar-refractivity contribution in [2.24, 2.45) is 29.1 Å². The molecule has 3 aliphatic rings. The highest BCUT2D eigenvalue weighted by Gasteiger charge is 2.46. The summed E-state index contributed by atoms with van der Waals surface area (Å²) in [7, 11) is 0. The molecule has 3 fully saturated rings. The predicted octanol–water partition coefficient (Wildman–Crippen LogP) is 4.93. The van der Waals surface area contributed by atoms with Crippen LogP contribution in [0.3, 0.4) is 0 Å². The summed E-state index contributed by atoms with van der Waals surface area (Å²) in [5.74, 6) is 1.18. The van der Waals surface area contributed by atoms with Gasteiger partial charge in [-0.2, -0.15) is 0 Å². The van der Waals surface area contributed by atoms with E-state index in [1.54, 1.807) is 0 Å². The molecule has 5 unspecified atom stereocenters. The van der Waals surface area contributed by atoms with Crippen LogP contribution >= 0.6 is 0 Å². The van der Waals surface area contributed by atoms with Gasteiger partial charge in [0.25, 0.3) is 0 Å². The highest BCUT2D eigenvalue weighted by Crippen LogP contribution is 2.52. The summed E-state index contributed by atoms with van der Waals surface area (Å²) < 4.78 is 0. The largest absolute Gasteiger partial charge is 0.481 e. The fourth-order valence-electron chi connectivity index (χ4n) is 6.16. The normalized spacial score (nSPS) is 33.9. The van der Waals surface area contributed by atoms with Crippen molar-refractivity contribution in [2.45, 2.75) is 103 Å². The molecule has 0 radical (unpaired) electrons. The van der Waals surface area contributed by atoms with Gasteiger partial charge in [0.15, 0.2) is 0 Å². The summed E-state index contributed by atoms with van der Waals surface area (Å²) in [5, 5.41) is 30.3. The van der Waals surface area contributed by atoms with Crippen LogP contribution in [0, 0.1) is 29.1 Å². The lowest BCUT2D eigenvalue weighted by atomic mass is 9.80. The van der Waals surface area contributed by atoms with E-state index in [9.17, 15) is 15.0 Å². The maximum absolute atomic E-state index is 11.0. The zero-order valence-corrected chi connectivity index (χ0v) is 17.8. The molecule has 5 atom stereocenters. The molecule has 0 saturated heterocycles. The molecule has 3 N–H and O–H groups in total. The lowest BCUT2D eigenvalue weighted by Crippen LogP contribution is -2.26. The minimum atomic E-state index is -0.730. The van der Waals surface area contributed by atoms with E-state index in [2.05, 4.69) is 6.08 Å². The van der Waals surface area contributed by atoms with Crippen molar-refractivity contribution in [2.75, 3.05) is 0 Å². The molecular formula is C24H40O4. The minimum Gasteiger partial charge on any atom is -0.481 e. The highest BCUT2D eigenvalue weighted by atomic mass is 16.4. The average Bonchev–Trinajstić information content (AvgIpc) is 3.14. The summed E-state index contributed by atoms with van der Waals surface area (Å²) in [4.78, 5) is 11.0. The van der Waals surface area contributed by atoms with Crippen LogP contribution in [-0.4, -0.2) is 33.5 Å². The Balaban J connectivity index is 1.51. The molecule has 4 nitrogen and oxygen atoms in total. The van der Waals surface area contributed by atoms with Crippen LogP contribution in [0.25, 0.3) is 0 Å². The maximum Gasteiger partial charge on any atom is 0.303 e. The van der Waals surface area contributed by atoms with Gasteiger partial charge < -0.3 is 15.3 Å². The number of aliphatic hydroxyl groups is 2. The first-order chi connectivity index (χ1) is 13.2. The van der Waals surface area contributed by atoms with Crippen molar-refractivity contribution >= 4 is 5.97 Å². The smallest absolute Gasteiger partial charge is 0.303 e. The Morgan fingerprint density at radius 2 is 1.93 bits per heavy atom. The van der Waals surface area contributed by atoms with Crippen molar-refractivity contribution in [3.8, 4) is 0 Å². The van der Waals surface area contributed by atoms with Crippen LogP contribution in [0.2, 0.25) is 0 Å². The molecule has 0 aromatic rings. The van der Waals surface area contributed by atoms with Crippen molar-refractivity contribution in [1.82, 2.24) is 0 Å². The first-order valence-electron chi connectivity index (χ1n) is 11.5. The van der Waals surface area contributed by atoms with Gasteiger partial charge in [-0.15, -0.1) is 0 Å². The molecular weight excluding hydrogens is 352 g/mol. The number of carboxylic acid groups (broad SMARTS) is 1. The summed E-state index contributed by atoms with van der Waals surface area (Å²) in [6.45, 7) is 4.04. The third-order valence-corrected chi connectivity index (χ3v) is 7.78. The monoisotopic (exact) mass is 392 g/mol. The Morgan fingerprint density at radius 1 is 1.21 bits per heavy atom. The van der Waals surface area contributed by atoms with E-state index >= 15 is 0 Å². The number of carboxylic acids is 1. The molecule has 0 bridgehead atoms. The summed E-state index contributed by atoms with van der Waals surface area (Å²) in [6.07, 6.45) is 13.8. The number of hydrogen-bond donors (Lipinski definition) is 3. The number of fused-ring (bicyclic) bond motifs is 1. The van der Waals surface area contributed by atoms with E-state index in [0.717, 1.165) is 38.5 Å². The Bertz CT molecular complexity index is 561. The van der Waals surface area contributed by atoms with Gasteiger partial charge in [-0.05, 0) is 80.5 Å². The van der Waals surface area contributed by atoms with Crippen LogP contribution in [0.1, 0.15) is 90.9 Å². The van der Waals surface area contributed by atoms with E-state index in [4.69, 9.17) is 5.11 Å². The molecule has 0 aromatic carbocycles. The molecule has 0 aromatic heterocycles.